The van der Waals surface area contributed by atoms with Crippen LogP contribution < -0.4 is 65.1 Å². The van der Waals surface area contributed by atoms with Crippen LogP contribution in [0.15, 0.2) is 134 Å². The van der Waals surface area contributed by atoms with E-state index in [0.29, 0.717) is 58.3 Å². The van der Waals surface area contributed by atoms with Gasteiger partial charge in [0.1, 0.15) is 54.4 Å². The second-order valence-electron chi connectivity index (χ2n) is 24.5. The number of rotatable bonds is 40. The molecule has 99 heavy (non-hydrogen) atoms. The Morgan fingerprint density at radius 2 is 0.949 bits per heavy atom. The molecule has 0 unspecified atom stereocenters. The topological polar surface area (TPSA) is 455 Å². The number of nitrogens with two attached hydrogens (primary N) is 3. The van der Waals surface area contributed by atoms with E-state index in [0.717, 1.165) is 16.5 Å². The average Bonchev–Trinajstić information content (AvgIpc) is 1.73. The van der Waals surface area contributed by atoms with Crippen LogP contribution in [-0.4, -0.2) is 169 Å². The van der Waals surface area contributed by atoms with Crippen molar-refractivity contribution in [2.24, 2.45) is 23.1 Å². The second-order valence-corrected chi connectivity index (χ2v) is 25.5. The summed E-state index contributed by atoms with van der Waals surface area (Å²) in [6.45, 7) is 5.06. The number of H-pyrrole nitrogens is 3. The molecule has 29 heteroatoms. The zero-order chi connectivity index (χ0) is 71.5. The summed E-state index contributed by atoms with van der Waals surface area (Å²) < 4.78 is 0. The highest BCUT2D eigenvalue weighted by atomic mass is 32.2. The minimum Gasteiger partial charge on any atom is -0.480 e. The van der Waals surface area contributed by atoms with Gasteiger partial charge in [0.05, 0.1) is 18.8 Å². The van der Waals surface area contributed by atoms with E-state index in [1.54, 1.807) is 87.1 Å². The Morgan fingerprint density at radius 3 is 1.46 bits per heavy atom. The molecular weight excluding hydrogens is 1290 g/mol. The molecule has 528 valence electrons. The zero-order valence-corrected chi connectivity index (χ0v) is 56.6. The van der Waals surface area contributed by atoms with Crippen LogP contribution in [-0.2, 0) is 84.8 Å². The SMILES string of the molecule is CC[C@H](C)[C@H](NC(=O)[C@H](Cc1ccccc1)NC(=O)[C@H](CC(N)=O)NC(=O)[C@H](Cc1c[nH]c2ccccc12)NC(=O)[C@H](CCSC)NC(=O)[C@H](Cc1cnc[nH]1)NC(=O)[C@H](CCCCN)NC(=O)[C@H](C)NC(=O)[C@H](Cc1c[nH]c2ccccc12)NC(=O)[C@@H](N)Cc1ccccc1)C(=O)O. The molecule has 0 fully saturated rings. The van der Waals surface area contributed by atoms with Gasteiger partial charge in [-0.3, -0.25) is 47.9 Å². The number of para-hydroxylation sites is 2. The van der Waals surface area contributed by atoms with E-state index in [1.165, 1.54) is 31.2 Å². The molecule has 0 spiro atoms. The first-order chi connectivity index (χ1) is 47.5. The van der Waals surface area contributed by atoms with Crippen LogP contribution in [0, 0.1) is 5.92 Å². The number of carboxylic acids is 1. The van der Waals surface area contributed by atoms with Gasteiger partial charge in [-0.1, -0.05) is 117 Å². The van der Waals surface area contributed by atoms with Gasteiger partial charge in [0.2, 0.25) is 59.1 Å². The first kappa shape index (κ1) is 76.0. The Labute approximate surface area is 577 Å². The maximum Gasteiger partial charge on any atom is 0.326 e. The number of nitrogens with zero attached hydrogens (tertiary/aromatic N) is 1. The molecule has 0 aliphatic rings. The van der Waals surface area contributed by atoms with E-state index in [-0.39, 0.29) is 51.5 Å². The maximum absolute atomic E-state index is 14.9. The fourth-order valence-corrected chi connectivity index (χ4v) is 11.7. The quantitative estimate of drug-likeness (QED) is 0.0242. The highest BCUT2D eigenvalue weighted by Crippen LogP contribution is 2.22. The molecular formula is C70H90N16O12S. The first-order valence-corrected chi connectivity index (χ1v) is 34.3. The smallest absolute Gasteiger partial charge is 0.326 e. The third-order valence-corrected chi connectivity index (χ3v) is 17.7. The number of carbonyl (C=O) groups excluding carboxylic acids is 10. The maximum atomic E-state index is 14.9. The van der Waals surface area contributed by atoms with Gasteiger partial charge in [0.15, 0.2) is 0 Å². The first-order valence-electron chi connectivity index (χ1n) is 32.9. The lowest BCUT2D eigenvalue weighted by molar-refractivity contribution is -0.144. The molecule has 0 radical (unpaired) electrons. The predicted octanol–water partition coefficient (Wildman–Crippen LogP) is 1.48. The van der Waals surface area contributed by atoms with Crippen LogP contribution in [0.1, 0.15) is 87.2 Å². The second kappa shape index (κ2) is 37.9. The standard InChI is InChI=1S/C70H90N16O12S/c1-5-40(2)60(70(97)98)86-69(96)54(31-43-20-10-7-11-21-43)82-68(95)58(35-59(73)87)85-66(93)56(33-45-37-76-51-25-15-13-23-48(45)51)83-64(91)53(27-29-99-4)80-67(94)57(34-46-38-74-39-77-46)84-63(90)52(26-16-17-28-71)79-61(88)41(3)78-65(92)55(32-44-36-75-50-24-14-12-22-47(44)50)81-62(89)49(72)30-42-18-8-6-9-19-42/h6-15,18-25,36-41,49,52-58,60,75-76H,5,16-17,26-35,71-72H2,1-4H3,(H2,73,87)(H,74,77)(H,78,92)(H,79,88)(H,80,94)(H,81,89)(H,82,95)(H,83,91)(H,84,90)(H,85,93)(H,86,96)(H,97,98)/t40-,41-,49-,52-,53-,54-,55-,56-,57-,58-,60-/m0/s1. The summed E-state index contributed by atoms with van der Waals surface area (Å²) in [5.74, 6) is -10.0. The molecule has 0 saturated heterocycles. The molecule has 7 rings (SSSR count). The summed E-state index contributed by atoms with van der Waals surface area (Å²) in [6, 6.07) is 18.5. The summed E-state index contributed by atoms with van der Waals surface area (Å²) in [5, 5.41) is 35.7. The number of carboxylic acid groups (broad SMARTS) is 1. The van der Waals surface area contributed by atoms with Gasteiger partial charge in [-0.2, -0.15) is 11.8 Å². The van der Waals surface area contributed by atoms with Crippen molar-refractivity contribution in [3.8, 4) is 0 Å². The molecule has 28 nitrogen and oxygen atoms in total. The summed E-state index contributed by atoms with van der Waals surface area (Å²) in [4.78, 5) is 168. The lowest BCUT2D eigenvalue weighted by atomic mass is 9.98. The number of carbonyl (C=O) groups is 11. The van der Waals surface area contributed by atoms with E-state index in [4.69, 9.17) is 17.2 Å². The van der Waals surface area contributed by atoms with Gasteiger partial charge in [0.25, 0.3) is 0 Å². The Balaban J connectivity index is 1.10. The highest BCUT2D eigenvalue weighted by Gasteiger charge is 2.37. The van der Waals surface area contributed by atoms with Crippen LogP contribution in [0.4, 0.5) is 0 Å². The number of nitrogens with one attached hydrogen (secondary N) is 12. The van der Waals surface area contributed by atoms with E-state index in [9.17, 15) is 57.8 Å². The lowest BCUT2D eigenvalue weighted by Gasteiger charge is -2.28. The van der Waals surface area contributed by atoms with Gasteiger partial charge in [0, 0.05) is 71.8 Å². The normalized spacial score (nSPS) is 14.6. The largest absolute Gasteiger partial charge is 0.480 e. The molecule has 0 saturated carbocycles. The fourth-order valence-electron chi connectivity index (χ4n) is 11.2. The van der Waals surface area contributed by atoms with Crippen molar-refractivity contribution >= 4 is 98.6 Å². The number of aromatic nitrogens is 4. The third kappa shape index (κ3) is 22.9. The molecule has 4 aromatic carbocycles. The molecule has 3 aromatic heterocycles. The van der Waals surface area contributed by atoms with Crippen LogP contribution >= 0.6 is 11.8 Å². The Kier molecular flexibility index (Phi) is 29.1. The minimum absolute atomic E-state index is 0.0113. The number of amides is 10. The predicted molar refractivity (Wildman–Crippen MR) is 374 cm³/mol. The molecule has 3 heterocycles. The van der Waals surface area contributed by atoms with Gasteiger partial charge in [-0.15, -0.1) is 0 Å². The van der Waals surface area contributed by atoms with Gasteiger partial charge < -0.3 is 85.1 Å². The summed E-state index contributed by atoms with van der Waals surface area (Å²) in [7, 11) is 0. The minimum atomic E-state index is -1.75. The Morgan fingerprint density at radius 1 is 0.505 bits per heavy atom. The van der Waals surface area contributed by atoms with Crippen molar-refractivity contribution < 1.29 is 57.8 Å². The van der Waals surface area contributed by atoms with Crippen LogP contribution in [0.2, 0.25) is 0 Å². The van der Waals surface area contributed by atoms with Crippen molar-refractivity contribution in [2.45, 2.75) is 152 Å². The number of thioether (sulfide) groups is 1. The zero-order valence-electron chi connectivity index (χ0n) is 55.8. The summed E-state index contributed by atoms with van der Waals surface area (Å²) in [6.07, 6.45) is 7.99. The van der Waals surface area contributed by atoms with Gasteiger partial charge in [-0.25, -0.2) is 9.78 Å². The van der Waals surface area contributed by atoms with E-state index in [1.807, 2.05) is 54.6 Å². The molecule has 10 amide bonds. The van der Waals surface area contributed by atoms with Crippen LogP contribution in [0.5, 0.6) is 0 Å². The Hall–Kier alpha value is -10.4. The van der Waals surface area contributed by atoms with Crippen molar-refractivity contribution in [2.75, 3.05) is 18.6 Å². The van der Waals surface area contributed by atoms with Crippen LogP contribution in [0.25, 0.3) is 21.8 Å². The number of aromatic amines is 3. The van der Waals surface area contributed by atoms with E-state index >= 15 is 0 Å². The van der Waals surface area contributed by atoms with Crippen molar-refractivity contribution in [3.05, 3.63) is 162 Å². The fraction of sp³-hybridized carbons (Fsp3) is 0.400. The average molecular weight is 1380 g/mol. The third-order valence-electron chi connectivity index (χ3n) is 17.0. The number of aliphatic carboxylic acids is 1. The van der Waals surface area contributed by atoms with Crippen molar-refractivity contribution in [1.82, 2.24) is 67.8 Å². The number of fused-ring (bicyclic) bond motifs is 2. The number of imidazole rings is 1. The molecule has 19 N–H and O–H groups in total. The Bertz CT molecular complexity index is 3870. The molecule has 11 atom stereocenters. The van der Waals surface area contributed by atoms with E-state index in [2.05, 4.69) is 67.8 Å². The van der Waals surface area contributed by atoms with Crippen LogP contribution in [0.3, 0.4) is 0 Å². The van der Waals surface area contributed by atoms with E-state index < -0.39 is 138 Å². The van der Waals surface area contributed by atoms with Crippen molar-refractivity contribution in [1.29, 1.82) is 0 Å². The summed E-state index contributed by atoms with van der Waals surface area (Å²) in [5.41, 5.74) is 22.4. The van der Waals surface area contributed by atoms with Gasteiger partial charge >= 0.3 is 5.97 Å². The molecule has 0 aliphatic heterocycles. The van der Waals surface area contributed by atoms with Gasteiger partial charge in [-0.05, 0) is 97.9 Å². The number of benzene rings is 4. The number of hydrogen-bond acceptors (Lipinski definition) is 15. The highest BCUT2D eigenvalue weighted by molar-refractivity contribution is 7.98. The summed E-state index contributed by atoms with van der Waals surface area (Å²) >= 11 is 1.35. The molecule has 0 aliphatic carbocycles. The lowest BCUT2D eigenvalue weighted by Crippen LogP contribution is -2.61. The number of unbranched alkanes of at least 4 members (excludes halogenated alkanes) is 1. The monoisotopic (exact) mass is 1380 g/mol. The number of primary amides is 1. The van der Waals surface area contributed by atoms with Crippen molar-refractivity contribution in [3.63, 3.8) is 0 Å². The number of hydrogen-bond donors (Lipinski definition) is 16. The molecule has 7 aromatic rings. The molecule has 0 bridgehead atoms.